The van der Waals surface area contributed by atoms with Gasteiger partial charge in [0, 0.05) is 19.5 Å². The molecule has 4 nitrogen and oxygen atoms in total. The maximum Gasteiger partial charge on any atom is 0.0733 e. The number of likely N-dealkylation sites (tertiary alicyclic amines) is 1. The Morgan fingerprint density at radius 1 is 1.57 bits per heavy atom. The molecule has 0 aromatic carbocycles. The van der Waals surface area contributed by atoms with Crippen molar-refractivity contribution < 1.29 is 0 Å². The van der Waals surface area contributed by atoms with Gasteiger partial charge in [-0.3, -0.25) is 4.68 Å². The van der Waals surface area contributed by atoms with E-state index < -0.39 is 0 Å². The highest BCUT2D eigenvalue weighted by Gasteiger charge is 2.22. The summed E-state index contributed by atoms with van der Waals surface area (Å²) in [6.07, 6.45) is 5.35. The van der Waals surface area contributed by atoms with Crippen molar-refractivity contribution in [1.82, 2.24) is 14.7 Å². The van der Waals surface area contributed by atoms with Crippen LogP contribution in [0.2, 0.25) is 0 Å². The number of likely N-dealkylation sites (N-methyl/N-ethyl adjacent to an activating group) is 1. The molecule has 4 heteroatoms. The molecule has 1 aliphatic heterocycles. The van der Waals surface area contributed by atoms with Crippen molar-refractivity contribution in [2.75, 3.05) is 19.3 Å². The molecule has 14 heavy (non-hydrogen) atoms. The number of hydrogen-bond acceptors (Lipinski definition) is 3. The second kappa shape index (κ2) is 3.61. The van der Waals surface area contributed by atoms with Crippen LogP contribution in [0.25, 0.3) is 0 Å². The summed E-state index contributed by atoms with van der Waals surface area (Å²) in [5.41, 5.74) is 7.86. The van der Waals surface area contributed by atoms with Crippen molar-refractivity contribution >= 4 is 5.69 Å². The zero-order valence-corrected chi connectivity index (χ0v) is 8.90. The van der Waals surface area contributed by atoms with Crippen LogP contribution >= 0.6 is 0 Å². The third-order valence-electron chi connectivity index (χ3n) is 3.19. The van der Waals surface area contributed by atoms with Crippen molar-refractivity contribution in [3.63, 3.8) is 0 Å². The SMILES string of the molecule is CN1CCCC1Cc1c(N)cnn1C. The number of rotatable bonds is 2. The predicted octanol–water partition coefficient (Wildman–Crippen LogP) is 0.639. The Morgan fingerprint density at radius 2 is 2.36 bits per heavy atom. The largest absolute Gasteiger partial charge is 0.396 e. The van der Waals surface area contributed by atoms with Gasteiger partial charge in [-0.15, -0.1) is 0 Å². The van der Waals surface area contributed by atoms with Gasteiger partial charge in [-0.2, -0.15) is 5.10 Å². The Labute approximate surface area is 84.7 Å². The molecule has 0 radical (unpaired) electrons. The van der Waals surface area contributed by atoms with Crippen LogP contribution < -0.4 is 5.73 Å². The maximum atomic E-state index is 5.86. The average molecular weight is 194 g/mol. The molecule has 1 aromatic heterocycles. The zero-order chi connectivity index (χ0) is 10.1. The van der Waals surface area contributed by atoms with E-state index in [4.69, 9.17) is 5.73 Å². The fraction of sp³-hybridized carbons (Fsp3) is 0.700. The van der Waals surface area contributed by atoms with E-state index >= 15 is 0 Å². The lowest BCUT2D eigenvalue weighted by molar-refractivity contribution is 0.305. The lowest BCUT2D eigenvalue weighted by atomic mass is 10.1. The van der Waals surface area contributed by atoms with Gasteiger partial charge in [0.1, 0.15) is 0 Å². The normalized spacial score (nSPS) is 23.1. The number of nitrogen functional groups attached to an aromatic ring is 1. The van der Waals surface area contributed by atoms with Crippen LogP contribution in [0.5, 0.6) is 0 Å². The molecule has 0 saturated carbocycles. The minimum absolute atomic E-state index is 0.646. The summed E-state index contributed by atoms with van der Waals surface area (Å²) in [6.45, 7) is 1.21. The molecule has 1 fully saturated rings. The van der Waals surface area contributed by atoms with Gasteiger partial charge in [0.05, 0.1) is 17.6 Å². The van der Waals surface area contributed by atoms with Gasteiger partial charge >= 0.3 is 0 Å². The van der Waals surface area contributed by atoms with Gasteiger partial charge < -0.3 is 10.6 Å². The summed E-state index contributed by atoms with van der Waals surface area (Å²) in [6, 6.07) is 0.646. The Bertz CT molecular complexity index is 298. The van der Waals surface area contributed by atoms with Crippen molar-refractivity contribution in [1.29, 1.82) is 0 Å². The average Bonchev–Trinajstić information content (AvgIpc) is 2.67. The molecule has 78 valence electrons. The van der Waals surface area contributed by atoms with Crippen molar-refractivity contribution in [3.05, 3.63) is 11.9 Å². The number of aromatic nitrogens is 2. The molecule has 1 aromatic rings. The quantitative estimate of drug-likeness (QED) is 0.751. The van der Waals surface area contributed by atoms with E-state index in [0.717, 1.165) is 12.1 Å². The molecular formula is C10H18N4. The second-order valence-electron chi connectivity index (χ2n) is 4.15. The van der Waals surface area contributed by atoms with Gasteiger partial charge in [0.15, 0.2) is 0 Å². The molecule has 2 N–H and O–H groups in total. The van der Waals surface area contributed by atoms with E-state index in [2.05, 4.69) is 17.0 Å². The molecular weight excluding hydrogens is 176 g/mol. The molecule has 1 saturated heterocycles. The number of nitrogens with two attached hydrogens (primary N) is 1. The molecule has 0 amide bonds. The summed E-state index contributed by atoms with van der Waals surface area (Å²) in [4.78, 5) is 2.41. The van der Waals surface area contributed by atoms with Gasteiger partial charge in [-0.05, 0) is 26.4 Å². The Morgan fingerprint density at radius 3 is 2.86 bits per heavy atom. The molecule has 2 heterocycles. The molecule has 0 bridgehead atoms. The van der Waals surface area contributed by atoms with Crippen LogP contribution in [0, 0.1) is 0 Å². The van der Waals surface area contributed by atoms with E-state index in [9.17, 15) is 0 Å². The third-order valence-corrected chi connectivity index (χ3v) is 3.19. The monoisotopic (exact) mass is 194 g/mol. The van der Waals surface area contributed by atoms with Crippen molar-refractivity contribution in [2.24, 2.45) is 7.05 Å². The minimum Gasteiger partial charge on any atom is -0.396 e. The third kappa shape index (κ3) is 1.62. The van der Waals surface area contributed by atoms with E-state index in [1.54, 1.807) is 6.20 Å². The first-order valence-electron chi connectivity index (χ1n) is 5.15. The molecule has 1 atom stereocenters. The number of hydrogen-bond donors (Lipinski definition) is 1. The predicted molar refractivity (Wildman–Crippen MR) is 57.0 cm³/mol. The summed E-state index contributed by atoms with van der Waals surface area (Å²) >= 11 is 0. The summed E-state index contributed by atoms with van der Waals surface area (Å²) in [5, 5.41) is 4.16. The molecule has 2 rings (SSSR count). The van der Waals surface area contributed by atoms with E-state index in [1.165, 1.54) is 25.1 Å². The summed E-state index contributed by atoms with van der Waals surface area (Å²) in [5.74, 6) is 0. The Balaban J connectivity index is 2.10. The van der Waals surface area contributed by atoms with Gasteiger partial charge in [0.2, 0.25) is 0 Å². The highest BCUT2D eigenvalue weighted by atomic mass is 15.3. The lowest BCUT2D eigenvalue weighted by Gasteiger charge is -2.19. The lowest BCUT2D eigenvalue weighted by Crippen LogP contribution is -2.27. The van der Waals surface area contributed by atoms with E-state index in [-0.39, 0.29) is 0 Å². The summed E-state index contributed by atoms with van der Waals surface area (Å²) < 4.78 is 1.89. The highest BCUT2D eigenvalue weighted by Crippen LogP contribution is 2.21. The van der Waals surface area contributed by atoms with Gasteiger partial charge in [-0.1, -0.05) is 0 Å². The van der Waals surface area contributed by atoms with Crippen LogP contribution in [-0.2, 0) is 13.5 Å². The fourth-order valence-electron chi connectivity index (χ4n) is 2.19. The van der Waals surface area contributed by atoms with Gasteiger partial charge in [0.25, 0.3) is 0 Å². The first-order chi connectivity index (χ1) is 6.68. The summed E-state index contributed by atoms with van der Waals surface area (Å²) in [7, 11) is 4.14. The minimum atomic E-state index is 0.646. The molecule has 1 unspecified atom stereocenters. The standard InChI is InChI=1S/C10H18N4/c1-13-5-3-4-8(13)6-10-9(11)7-12-14(10)2/h7-8H,3-6,11H2,1-2H3. The highest BCUT2D eigenvalue weighted by molar-refractivity contribution is 5.41. The topological polar surface area (TPSA) is 47.1 Å². The van der Waals surface area contributed by atoms with Gasteiger partial charge in [-0.25, -0.2) is 0 Å². The fourth-order valence-corrected chi connectivity index (χ4v) is 2.19. The zero-order valence-electron chi connectivity index (χ0n) is 8.90. The number of anilines is 1. The maximum absolute atomic E-state index is 5.86. The van der Waals surface area contributed by atoms with E-state index in [1.807, 2.05) is 11.7 Å². The smallest absolute Gasteiger partial charge is 0.0733 e. The molecule has 0 aliphatic carbocycles. The Hall–Kier alpha value is -1.03. The van der Waals surface area contributed by atoms with Crippen LogP contribution in [0.4, 0.5) is 5.69 Å². The molecule has 1 aliphatic rings. The van der Waals surface area contributed by atoms with Crippen LogP contribution in [0.15, 0.2) is 6.20 Å². The number of aryl methyl sites for hydroxylation is 1. The molecule has 0 spiro atoms. The van der Waals surface area contributed by atoms with Crippen molar-refractivity contribution in [3.8, 4) is 0 Å². The van der Waals surface area contributed by atoms with Crippen molar-refractivity contribution in [2.45, 2.75) is 25.3 Å². The first-order valence-corrected chi connectivity index (χ1v) is 5.15. The first kappa shape index (κ1) is 9.52. The van der Waals surface area contributed by atoms with Crippen LogP contribution in [-0.4, -0.2) is 34.3 Å². The van der Waals surface area contributed by atoms with Crippen LogP contribution in [0.3, 0.4) is 0 Å². The number of nitrogens with zero attached hydrogens (tertiary/aromatic N) is 3. The second-order valence-corrected chi connectivity index (χ2v) is 4.15. The Kier molecular flexibility index (Phi) is 2.46. The van der Waals surface area contributed by atoms with E-state index in [0.29, 0.717) is 6.04 Å². The van der Waals surface area contributed by atoms with Crippen LogP contribution in [0.1, 0.15) is 18.5 Å².